The summed E-state index contributed by atoms with van der Waals surface area (Å²) in [6, 6.07) is 4.84. The molecular formula is C16H27N3O. The minimum atomic E-state index is 0.122. The Kier molecular flexibility index (Phi) is 5.00. The number of rotatable bonds is 7. The lowest BCUT2D eigenvalue weighted by molar-refractivity contribution is 0.226. The van der Waals surface area contributed by atoms with Crippen LogP contribution in [0.3, 0.4) is 0 Å². The number of nitrogens with one attached hydrogen (secondary N) is 1. The molecule has 112 valence electrons. The van der Waals surface area contributed by atoms with Crippen molar-refractivity contribution in [2.24, 2.45) is 0 Å². The van der Waals surface area contributed by atoms with E-state index >= 15 is 0 Å². The first-order chi connectivity index (χ1) is 9.44. The SMILES string of the molecule is CN(CCOc1cc(CNC(C)(C)C)ccn1)C1CC1. The van der Waals surface area contributed by atoms with Gasteiger partial charge in [-0.2, -0.15) is 0 Å². The third-order valence-electron chi connectivity index (χ3n) is 3.49. The van der Waals surface area contributed by atoms with Crippen LogP contribution in [0.4, 0.5) is 0 Å². The molecule has 4 nitrogen and oxygen atoms in total. The predicted octanol–water partition coefficient (Wildman–Crippen LogP) is 2.44. The third-order valence-corrected chi connectivity index (χ3v) is 3.49. The molecule has 0 saturated heterocycles. The zero-order valence-corrected chi connectivity index (χ0v) is 13.1. The van der Waals surface area contributed by atoms with E-state index in [-0.39, 0.29) is 5.54 Å². The van der Waals surface area contributed by atoms with E-state index in [0.717, 1.165) is 25.0 Å². The lowest BCUT2D eigenvalue weighted by Gasteiger charge is -2.20. The van der Waals surface area contributed by atoms with Gasteiger partial charge in [0, 0.05) is 36.9 Å². The van der Waals surface area contributed by atoms with Gasteiger partial charge in [0.1, 0.15) is 6.61 Å². The highest BCUT2D eigenvalue weighted by Gasteiger charge is 2.25. The van der Waals surface area contributed by atoms with Crippen molar-refractivity contribution in [2.75, 3.05) is 20.2 Å². The van der Waals surface area contributed by atoms with Crippen LogP contribution >= 0.6 is 0 Å². The molecule has 1 heterocycles. The van der Waals surface area contributed by atoms with E-state index in [0.29, 0.717) is 6.61 Å². The Morgan fingerprint density at radius 1 is 1.40 bits per heavy atom. The Balaban J connectivity index is 1.76. The van der Waals surface area contributed by atoms with Gasteiger partial charge in [-0.05, 0) is 52.3 Å². The molecule has 0 atom stereocenters. The van der Waals surface area contributed by atoms with E-state index in [9.17, 15) is 0 Å². The molecule has 0 radical (unpaired) electrons. The second-order valence-corrected chi connectivity index (χ2v) is 6.67. The molecule has 2 rings (SSSR count). The Labute approximate surface area is 122 Å². The van der Waals surface area contributed by atoms with Gasteiger partial charge >= 0.3 is 0 Å². The van der Waals surface area contributed by atoms with Crippen LogP contribution in [-0.2, 0) is 6.54 Å². The molecule has 4 heteroatoms. The van der Waals surface area contributed by atoms with Gasteiger partial charge in [-0.1, -0.05) is 0 Å². The summed E-state index contributed by atoms with van der Waals surface area (Å²) in [7, 11) is 2.16. The summed E-state index contributed by atoms with van der Waals surface area (Å²) in [5.74, 6) is 0.724. The average molecular weight is 277 g/mol. The van der Waals surface area contributed by atoms with Crippen LogP contribution in [0.2, 0.25) is 0 Å². The van der Waals surface area contributed by atoms with E-state index in [2.05, 4.69) is 43.0 Å². The van der Waals surface area contributed by atoms with Gasteiger partial charge in [0.15, 0.2) is 0 Å². The zero-order valence-electron chi connectivity index (χ0n) is 13.1. The molecule has 1 saturated carbocycles. The number of nitrogens with zero attached hydrogens (tertiary/aromatic N) is 2. The summed E-state index contributed by atoms with van der Waals surface area (Å²) in [5.41, 5.74) is 1.33. The normalized spacial score (nSPS) is 15.7. The number of hydrogen-bond donors (Lipinski definition) is 1. The predicted molar refractivity (Wildman–Crippen MR) is 82.0 cm³/mol. The second kappa shape index (κ2) is 6.55. The molecule has 0 spiro atoms. The number of likely N-dealkylation sites (N-methyl/N-ethyl adjacent to an activating group) is 1. The van der Waals surface area contributed by atoms with Gasteiger partial charge in [-0.25, -0.2) is 4.98 Å². The molecule has 0 aromatic carbocycles. The molecule has 0 unspecified atom stereocenters. The maximum absolute atomic E-state index is 5.75. The molecule has 20 heavy (non-hydrogen) atoms. The fourth-order valence-electron chi connectivity index (χ4n) is 2.00. The van der Waals surface area contributed by atoms with Crippen LogP contribution < -0.4 is 10.1 Å². The highest BCUT2D eigenvalue weighted by atomic mass is 16.5. The van der Waals surface area contributed by atoms with E-state index < -0.39 is 0 Å². The van der Waals surface area contributed by atoms with E-state index in [1.54, 1.807) is 0 Å². The van der Waals surface area contributed by atoms with Gasteiger partial charge < -0.3 is 15.0 Å². The summed E-state index contributed by atoms with van der Waals surface area (Å²) in [6.07, 6.45) is 4.49. The molecule has 1 aromatic heterocycles. The molecular weight excluding hydrogens is 250 g/mol. The summed E-state index contributed by atoms with van der Waals surface area (Å²) in [5, 5.41) is 3.47. The van der Waals surface area contributed by atoms with Crippen molar-refractivity contribution in [1.82, 2.24) is 15.2 Å². The standard InChI is InChI=1S/C16H27N3O/c1-16(2,3)18-12-13-7-8-17-15(11-13)20-10-9-19(4)14-5-6-14/h7-8,11,14,18H,5-6,9-10,12H2,1-4H3. The first-order valence-corrected chi connectivity index (χ1v) is 7.47. The Morgan fingerprint density at radius 3 is 2.80 bits per heavy atom. The fourth-order valence-corrected chi connectivity index (χ4v) is 2.00. The van der Waals surface area contributed by atoms with Gasteiger partial charge in [0.05, 0.1) is 0 Å². The molecule has 1 N–H and O–H groups in total. The van der Waals surface area contributed by atoms with Gasteiger partial charge in [0.2, 0.25) is 5.88 Å². The van der Waals surface area contributed by atoms with E-state index in [4.69, 9.17) is 4.74 Å². The highest BCUT2D eigenvalue weighted by molar-refractivity contribution is 5.20. The quantitative estimate of drug-likeness (QED) is 0.830. The van der Waals surface area contributed by atoms with E-state index in [1.165, 1.54) is 18.4 Å². The minimum absolute atomic E-state index is 0.122. The molecule has 1 aliphatic carbocycles. The minimum Gasteiger partial charge on any atom is -0.476 e. The maximum Gasteiger partial charge on any atom is 0.213 e. The summed E-state index contributed by atoms with van der Waals surface area (Å²) < 4.78 is 5.75. The molecule has 1 fully saturated rings. The highest BCUT2D eigenvalue weighted by Crippen LogP contribution is 2.24. The first kappa shape index (κ1) is 15.3. The van der Waals surface area contributed by atoms with Crippen LogP contribution in [0.5, 0.6) is 5.88 Å². The van der Waals surface area contributed by atoms with Crippen LogP contribution in [0.25, 0.3) is 0 Å². The summed E-state index contributed by atoms with van der Waals surface area (Å²) in [6.45, 7) is 9.01. The van der Waals surface area contributed by atoms with Crippen molar-refractivity contribution in [3.05, 3.63) is 23.9 Å². The van der Waals surface area contributed by atoms with Crippen LogP contribution in [0.1, 0.15) is 39.2 Å². The van der Waals surface area contributed by atoms with Crippen molar-refractivity contribution in [1.29, 1.82) is 0 Å². The monoisotopic (exact) mass is 277 g/mol. The molecule has 1 aliphatic rings. The van der Waals surface area contributed by atoms with E-state index in [1.807, 2.05) is 18.3 Å². The second-order valence-electron chi connectivity index (χ2n) is 6.67. The van der Waals surface area contributed by atoms with Crippen molar-refractivity contribution in [3.63, 3.8) is 0 Å². The zero-order chi connectivity index (χ0) is 14.6. The maximum atomic E-state index is 5.75. The lowest BCUT2D eigenvalue weighted by atomic mass is 10.1. The van der Waals surface area contributed by atoms with Gasteiger partial charge in [0.25, 0.3) is 0 Å². The number of pyridine rings is 1. The van der Waals surface area contributed by atoms with Crippen molar-refractivity contribution in [3.8, 4) is 5.88 Å². The molecule has 0 amide bonds. The molecule has 0 bridgehead atoms. The Hall–Kier alpha value is -1.13. The summed E-state index contributed by atoms with van der Waals surface area (Å²) in [4.78, 5) is 6.64. The smallest absolute Gasteiger partial charge is 0.213 e. The van der Waals surface area contributed by atoms with Crippen LogP contribution in [-0.4, -0.2) is 41.7 Å². The van der Waals surface area contributed by atoms with Gasteiger partial charge in [-0.3, -0.25) is 0 Å². The van der Waals surface area contributed by atoms with Crippen LogP contribution in [0.15, 0.2) is 18.3 Å². The summed E-state index contributed by atoms with van der Waals surface area (Å²) >= 11 is 0. The van der Waals surface area contributed by atoms with Crippen molar-refractivity contribution >= 4 is 0 Å². The first-order valence-electron chi connectivity index (χ1n) is 7.47. The lowest BCUT2D eigenvalue weighted by Crippen LogP contribution is -2.35. The number of hydrogen-bond acceptors (Lipinski definition) is 4. The van der Waals surface area contributed by atoms with Gasteiger partial charge in [-0.15, -0.1) is 0 Å². The Bertz CT molecular complexity index is 424. The van der Waals surface area contributed by atoms with Crippen LogP contribution in [0, 0.1) is 0 Å². The van der Waals surface area contributed by atoms with Crippen molar-refractivity contribution < 1.29 is 4.74 Å². The number of aromatic nitrogens is 1. The Morgan fingerprint density at radius 2 is 2.15 bits per heavy atom. The average Bonchev–Trinajstić information content (AvgIpc) is 3.20. The van der Waals surface area contributed by atoms with Crippen molar-refractivity contribution in [2.45, 2.75) is 51.7 Å². The number of ether oxygens (including phenoxy) is 1. The molecule has 1 aromatic rings. The third kappa shape index (κ3) is 5.47. The largest absolute Gasteiger partial charge is 0.476 e. The topological polar surface area (TPSA) is 37.4 Å². The fraction of sp³-hybridized carbons (Fsp3) is 0.688. The molecule has 0 aliphatic heterocycles.